The molecule has 1 N–H and O–H groups in total. The van der Waals surface area contributed by atoms with Crippen molar-refractivity contribution in [1.82, 2.24) is 15.1 Å². The summed E-state index contributed by atoms with van der Waals surface area (Å²) in [6, 6.07) is 6.48. The van der Waals surface area contributed by atoms with E-state index in [1.54, 1.807) is 20.2 Å². The van der Waals surface area contributed by atoms with Crippen LogP contribution in [0.15, 0.2) is 29.3 Å². The molecule has 24 heavy (non-hydrogen) atoms. The third kappa shape index (κ3) is 8.47. The number of amides is 1. The van der Waals surface area contributed by atoms with Gasteiger partial charge in [-0.2, -0.15) is 0 Å². The van der Waals surface area contributed by atoms with Crippen LogP contribution in [-0.4, -0.2) is 55.9 Å². The second kappa shape index (κ2) is 11.2. The Kier molecular flexibility index (Phi) is 10.6. The Morgan fingerprint density at radius 1 is 1.29 bits per heavy atom. The Labute approximate surface area is 161 Å². The van der Waals surface area contributed by atoms with E-state index in [0.717, 1.165) is 12.1 Å². The molecule has 0 saturated heterocycles. The van der Waals surface area contributed by atoms with Crippen LogP contribution in [0, 0.1) is 11.7 Å². The molecule has 0 aliphatic heterocycles. The number of rotatable bonds is 6. The van der Waals surface area contributed by atoms with Crippen LogP contribution < -0.4 is 5.32 Å². The lowest BCUT2D eigenvalue weighted by Crippen LogP contribution is -2.41. The molecule has 0 unspecified atom stereocenters. The van der Waals surface area contributed by atoms with Crippen LogP contribution >= 0.6 is 24.0 Å². The smallest absolute Gasteiger partial charge is 0.243 e. The molecule has 0 aromatic heterocycles. The summed E-state index contributed by atoms with van der Waals surface area (Å²) in [5.74, 6) is 0.769. The summed E-state index contributed by atoms with van der Waals surface area (Å²) >= 11 is 0. The van der Waals surface area contributed by atoms with Crippen LogP contribution in [-0.2, 0) is 11.3 Å². The summed E-state index contributed by atoms with van der Waals surface area (Å²) in [7, 11) is 5.28. The molecule has 0 spiro atoms. The van der Waals surface area contributed by atoms with Crippen LogP contribution in [0.4, 0.5) is 4.39 Å². The molecule has 1 aromatic rings. The third-order valence-electron chi connectivity index (χ3n) is 3.20. The molecular weight excluding hydrogens is 422 g/mol. The highest BCUT2D eigenvalue weighted by Gasteiger charge is 2.10. The SMILES string of the molecule is CC(C)CNC(=NCC(=O)N(C)C)N(C)Cc1cccc(F)c1.I. The van der Waals surface area contributed by atoms with Gasteiger partial charge < -0.3 is 15.1 Å². The first-order valence-corrected chi connectivity index (χ1v) is 7.73. The Balaban J connectivity index is 0.00000529. The van der Waals surface area contributed by atoms with Crippen molar-refractivity contribution in [2.24, 2.45) is 10.9 Å². The Morgan fingerprint density at radius 3 is 2.50 bits per heavy atom. The lowest BCUT2D eigenvalue weighted by Gasteiger charge is -2.23. The van der Waals surface area contributed by atoms with E-state index in [4.69, 9.17) is 0 Å². The van der Waals surface area contributed by atoms with E-state index in [1.165, 1.54) is 17.0 Å². The van der Waals surface area contributed by atoms with Crippen molar-refractivity contribution in [2.45, 2.75) is 20.4 Å². The largest absolute Gasteiger partial charge is 0.356 e. The van der Waals surface area contributed by atoms with Gasteiger partial charge in [-0.3, -0.25) is 4.79 Å². The summed E-state index contributed by atoms with van der Waals surface area (Å²) in [5, 5.41) is 3.26. The first-order valence-electron chi connectivity index (χ1n) is 7.73. The lowest BCUT2D eigenvalue weighted by molar-refractivity contribution is -0.127. The highest BCUT2D eigenvalue weighted by Crippen LogP contribution is 2.06. The van der Waals surface area contributed by atoms with Crippen LogP contribution in [0.3, 0.4) is 0 Å². The number of guanidine groups is 1. The van der Waals surface area contributed by atoms with Crippen LogP contribution in [0.2, 0.25) is 0 Å². The van der Waals surface area contributed by atoms with Crippen molar-refractivity contribution in [3.05, 3.63) is 35.6 Å². The highest BCUT2D eigenvalue weighted by atomic mass is 127. The van der Waals surface area contributed by atoms with Crippen molar-refractivity contribution >= 4 is 35.8 Å². The van der Waals surface area contributed by atoms with Gasteiger partial charge in [0.2, 0.25) is 5.91 Å². The zero-order chi connectivity index (χ0) is 17.4. The number of aliphatic imine (C=N–C) groups is 1. The average Bonchev–Trinajstić information content (AvgIpc) is 2.46. The molecule has 1 rings (SSSR count). The Morgan fingerprint density at radius 2 is 1.96 bits per heavy atom. The minimum atomic E-state index is -0.257. The van der Waals surface area contributed by atoms with Crippen molar-refractivity contribution in [3.8, 4) is 0 Å². The van der Waals surface area contributed by atoms with E-state index < -0.39 is 0 Å². The quantitative estimate of drug-likeness (QED) is 0.412. The van der Waals surface area contributed by atoms with Crippen molar-refractivity contribution in [2.75, 3.05) is 34.2 Å². The van der Waals surface area contributed by atoms with Gasteiger partial charge in [-0.15, -0.1) is 24.0 Å². The number of benzene rings is 1. The molecule has 136 valence electrons. The lowest BCUT2D eigenvalue weighted by atomic mass is 10.2. The first kappa shape index (κ1) is 22.6. The van der Waals surface area contributed by atoms with Crippen LogP contribution in [0.5, 0.6) is 0 Å². The zero-order valence-electron chi connectivity index (χ0n) is 15.0. The first-order chi connectivity index (χ1) is 10.8. The number of halogens is 2. The van der Waals surface area contributed by atoms with Gasteiger partial charge in [0.1, 0.15) is 12.4 Å². The molecule has 0 saturated carbocycles. The van der Waals surface area contributed by atoms with E-state index in [-0.39, 0.29) is 42.2 Å². The topological polar surface area (TPSA) is 47.9 Å². The highest BCUT2D eigenvalue weighted by molar-refractivity contribution is 14.0. The minimum Gasteiger partial charge on any atom is -0.356 e. The molecule has 0 atom stereocenters. The van der Waals surface area contributed by atoms with Crippen molar-refractivity contribution in [3.63, 3.8) is 0 Å². The normalized spacial score (nSPS) is 11.0. The number of hydrogen-bond acceptors (Lipinski definition) is 2. The summed E-state index contributed by atoms with van der Waals surface area (Å²) in [5.41, 5.74) is 0.852. The van der Waals surface area contributed by atoms with Crippen LogP contribution in [0.1, 0.15) is 19.4 Å². The average molecular weight is 450 g/mol. The predicted molar refractivity (Wildman–Crippen MR) is 107 cm³/mol. The van der Waals surface area contributed by atoms with Gasteiger partial charge in [-0.25, -0.2) is 9.38 Å². The molecule has 1 aromatic carbocycles. The Bertz CT molecular complexity index is 549. The van der Waals surface area contributed by atoms with E-state index >= 15 is 0 Å². The summed E-state index contributed by atoms with van der Waals surface area (Å²) in [6.07, 6.45) is 0. The molecule has 5 nitrogen and oxygen atoms in total. The number of carbonyl (C=O) groups excluding carboxylic acids is 1. The van der Waals surface area contributed by atoms with E-state index in [0.29, 0.717) is 18.4 Å². The standard InChI is InChI=1S/C17H27FN4O.HI/c1-13(2)10-19-17(20-11-16(23)21(3)4)22(5)12-14-7-6-8-15(18)9-14;/h6-9,13H,10-12H2,1-5H3,(H,19,20);1H. The zero-order valence-corrected chi connectivity index (χ0v) is 17.4. The number of nitrogens with zero attached hydrogens (tertiary/aromatic N) is 3. The number of hydrogen-bond donors (Lipinski definition) is 1. The fraction of sp³-hybridized carbons (Fsp3) is 0.529. The molecule has 0 aliphatic carbocycles. The fourth-order valence-electron chi connectivity index (χ4n) is 1.87. The van der Waals surface area contributed by atoms with Crippen molar-refractivity contribution < 1.29 is 9.18 Å². The summed E-state index contributed by atoms with van der Waals surface area (Å²) in [4.78, 5) is 19.5. The van der Waals surface area contributed by atoms with Gasteiger partial charge in [0.05, 0.1) is 0 Å². The maximum Gasteiger partial charge on any atom is 0.243 e. The fourth-order valence-corrected chi connectivity index (χ4v) is 1.87. The van der Waals surface area contributed by atoms with Gasteiger partial charge in [-0.1, -0.05) is 26.0 Å². The number of likely N-dealkylation sites (N-methyl/N-ethyl adjacent to an activating group) is 1. The second-order valence-corrected chi connectivity index (χ2v) is 6.19. The molecule has 0 radical (unpaired) electrons. The van der Waals surface area contributed by atoms with Gasteiger partial charge >= 0.3 is 0 Å². The number of nitrogens with one attached hydrogen (secondary N) is 1. The van der Waals surface area contributed by atoms with E-state index in [2.05, 4.69) is 24.2 Å². The molecule has 0 aliphatic rings. The van der Waals surface area contributed by atoms with E-state index in [9.17, 15) is 9.18 Å². The van der Waals surface area contributed by atoms with Gasteiger partial charge in [-0.05, 0) is 23.6 Å². The van der Waals surface area contributed by atoms with Gasteiger partial charge in [0.25, 0.3) is 0 Å². The number of carbonyl (C=O) groups is 1. The molecule has 0 fully saturated rings. The monoisotopic (exact) mass is 450 g/mol. The molecule has 1 amide bonds. The van der Waals surface area contributed by atoms with Crippen LogP contribution in [0.25, 0.3) is 0 Å². The maximum atomic E-state index is 13.3. The van der Waals surface area contributed by atoms with Gasteiger partial charge in [0, 0.05) is 34.2 Å². The molecular formula is C17H28FIN4O. The minimum absolute atomic E-state index is 0. The second-order valence-electron chi connectivity index (χ2n) is 6.19. The molecule has 0 bridgehead atoms. The molecule has 0 heterocycles. The predicted octanol–water partition coefficient (Wildman–Crippen LogP) is 2.57. The summed E-state index contributed by atoms with van der Waals surface area (Å²) < 4.78 is 13.3. The van der Waals surface area contributed by atoms with Gasteiger partial charge in [0.15, 0.2) is 5.96 Å². The van der Waals surface area contributed by atoms with Crippen molar-refractivity contribution in [1.29, 1.82) is 0 Å². The van der Waals surface area contributed by atoms with E-state index in [1.807, 2.05) is 18.0 Å². The molecule has 7 heteroatoms. The maximum absolute atomic E-state index is 13.3. The summed E-state index contributed by atoms with van der Waals surface area (Å²) in [6.45, 7) is 5.55. The third-order valence-corrected chi connectivity index (χ3v) is 3.20. The Hall–Kier alpha value is -1.38.